The lowest BCUT2D eigenvalue weighted by molar-refractivity contribution is -0.139. The van der Waals surface area contributed by atoms with Crippen LogP contribution in [0.1, 0.15) is 26.2 Å². The summed E-state index contributed by atoms with van der Waals surface area (Å²) in [4.78, 5) is 54.5. The first-order chi connectivity index (χ1) is 17.9. The van der Waals surface area contributed by atoms with Gasteiger partial charge in [-0.3, -0.25) is 24.1 Å². The molecule has 186 valence electrons. The number of ether oxygens (including phenoxy) is 1. The van der Waals surface area contributed by atoms with E-state index in [2.05, 4.69) is 0 Å². The Morgan fingerprint density at radius 2 is 1.59 bits per heavy atom. The fourth-order valence-electron chi connectivity index (χ4n) is 5.70. The van der Waals surface area contributed by atoms with Gasteiger partial charge in [-0.2, -0.15) is 0 Å². The van der Waals surface area contributed by atoms with E-state index in [-0.39, 0.29) is 42.5 Å². The number of benzene rings is 3. The van der Waals surface area contributed by atoms with Crippen LogP contribution in [-0.2, 0) is 19.2 Å². The van der Waals surface area contributed by atoms with Crippen molar-refractivity contribution in [3.05, 3.63) is 78.4 Å². The molecule has 6 rings (SSSR count). The molecule has 7 nitrogen and oxygen atoms in total. The van der Waals surface area contributed by atoms with Crippen LogP contribution in [0.2, 0.25) is 0 Å². The summed E-state index contributed by atoms with van der Waals surface area (Å²) in [6.07, 6.45) is 3.31. The van der Waals surface area contributed by atoms with Crippen molar-refractivity contribution in [1.29, 1.82) is 0 Å². The number of allylic oxidation sites excluding steroid dienone is 2. The largest absolute Gasteiger partial charge is 0.426 e. The Bertz CT molecular complexity index is 1470. The van der Waals surface area contributed by atoms with Crippen molar-refractivity contribution in [3.8, 4) is 5.75 Å². The fraction of sp³-hybridized carbons (Fsp3) is 0.267. The zero-order valence-electron chi connectivity index (χ0n) is 20.4. The number of fused-ring (bicyclic) bond motifs is 2. The molecule has 2 aliphatic heterocycles. The summed E-state index contributed by atoms with van der Waals surface area (Å²) >= 11 is 0. The maximum atomic E-state index is 12.9. The van der Waals surface area contributed by atoms with Gasteiger partial charge in [0, 0.05) is 18.4 Å². The van der Waals surface area contributed by atoms with Gasteiger partial charge in [0.25, 0.3) is 0 Å². The van der Waals surface area contributed by atoms with E-state index < -0.39 is 11.9 Å². The smallest absolute Gasteiger partial charge is 0.316 e. The second-order valence-electron chi connectivity index (χ2n) is 10.0. The van der Waals surface area contributed by atoms with Crippen LogP contribution >= 0.6 is 0 Å². The Morgan fingerprint density at radius 3 is 2.41 bits per heavy atom. The maximum Gasteiger partial charge on any atom is 0.316 e. The Kier molecular flexibility index (Phi) is 5.63. The predicted molar refractivity (Wildman–Crippen MR) is 139 cm³/mol. The lowest BCUT2D eigenvalue weighted by atomic mass is 9.82. The van der Waals surface area contributed by atoms with E-state index in [0.717, 1.165) is 22.0 Å². The molecule has 0 saturated carbocycles. The van der Waals surface area contributed by atoms with Gasteiger partial charge in [-0.25, -0.2) is 0 Å². The van der Waals surface area contributed by atoms with E-state index in [4.69, 9.17) is 4.74 Å². The average Bonchev–Trinajstić information content (AvgIpc) is 3.41. The second kappa shape index (κ2) is 9.00. The van der Waals surface area contributed by atoms with Crippen molar-refractivity contribution >= 4 is 45.8 Å². The van der Waals surface area contributed by atoms with Crippen molar-refractivity contribution in [1.82, 2.24) is 0 Å². The van der Waals surface area contributed by atoms with Crippen LogP contribution in [0.25, 0.3) is 10.8 Å². The van der Waals surface area contributed by atoms with Crippen molar-refractivity contribution < 1.29 is 23.9 Å². The third kappa shape index (κ3) is 4.00. The number of rotatable bonds is 4. The van der Waals surface area contributed by atoms with Crippen molar-refractivity contribution in [3.63, 3.8) is 0 Å². The minimum atomic E-state index is -0.591. The molecule has 0 bridgehead atoms. The highest BCUT2D eigenvalue weighted by Crippen LogP contribution is 2.40. The fourth-order valence-corrected chi connectivity index (χ4v) is 5.70. The van der Waals surface area contributed by atoms with Gasteiger partial charge in [0.2, 0.25) is 17.7 Å². The van der Waals surface area contributed by atoms with Crippen LogP contribution in [-0.4, -0.2) is 30.2 Å². The molecule has 0 N–H and O–H groups in total. The number of nitrogens with zero attached hydrogens (tertiary/aromatic N) is 2. The number of esters is 1. The van der Waals surface area contributed by atoms with Crippen LogP contribution in [0.3, 0.4) is 0 Å². The van der Waals surface area contributed by atoms with Gasteiger partial charge in [0.05, 0.1) is 29.1 Å². The Morgan fingerprint density at radius 1 is 0.865 bits per heavy atom. The number of amides is 3. The van der Waals surface area contributed by atoms with Gasteiger partial charge in [-0.1, -0.05) is 48.0 Å². The standard InChI is InChI=1S/C30H26N2O5/c1-18-9-14-24-25(15-18)29(35)32(28(24)34)21-10-12-22(13-11-21)37-30(36)20-16-27(33)31(17-20)26-8-4-6-19-5-2-3-7-23(19)26/h2-13,20,24-25H,14-17H2,1H3/t20-,24+,25+/m1/s1. The first-order valence-corrected chi connectivity index (χ1v) is 12.5. The normalized spacial score (nSPS) is 23.4. The summed E-state index contributed by atoms with van der Waals surface area (Å²) in [5.74, 6) is -1.86. The number of hydrogen-bond donors (Lipinski definition) is 0. The molecule has 0 spiro atoms. The number of hydrogen-bond acceptors (Lipinski definition) is 5. The number of imide groups is 1. The summed E-state index contributed by atoms with van der Waals surface area (Å²) in [7, 11) is 0. The first-order valence-electron chi connectivity index (χ1n) is 12.5. The van der Waals surface area contributed by atoms with Crippen LogP contribution < -0.4 is 14.5 Å². The lowest BCUT2D eigenvalue weighted by Crippen LogP contribution is -2.30. The number of anilines is 2. The zero-order valence-corrected chi connectivity index (χ0v) is 20.4. The van der Waals surface area contributed by atoms with E-state index in [1.54, 1.807) is 29.2 Å². The molecule has 1 aliphatic carbocycles. The number of carbonyl (C=O) groups excluding carboxylic acids is 4. The maximum absolute atomic E-state index is 12.9. The average molecular weight is 495 g/mol. The van der Waals surface area contributed by atoms with Crippen LogP contribution in [0, 0.1) is 17.8 Å². The van der Waals surface area contributed by atoms with Crippen LogP contribution in [0.15, 0.2) is 78.4 Å². The molecule has 0 radical (unpaired) electrons. The molecule has 2 fully saturated rings. The van der Waals surface area contributed by atoms with E-state index >= 15 is 0 Å². The molecular weight excluding hydrogens is 468 g/mol. The monoisotopic (exact) mass is 494 g/mol. The van der Waals surface area contributed by atoms with E-state index in [0.29, 0.717) is 24.3 Å². The summed E-state index contributed by atoms with van der Waals surface area (Å²) in [5, 5.41) is 1.99. The van der Waals surface area contributed by atoms with Crippen LogP contribution in [0.4, 0.5) is 11.4 Å². The SMILES string of the molecule is CC1=CC[C@@H]2C(=O)N(c3ccc(OC(=O)[C@@H]4CC(=O)N(c5cccc6ccccc56)C4)cc3)C(=O)[C@H]2C1. The second-order valence-corrected chi connectivity index (χ2v) is 10.0. The molecule has 2 heterocycles. The minimum Gasteiger partial charge on any atom is -0.426 e. The Balaban J connectivity index is 1.14. The lowest BCUT2D eigenvalue weighted by Gasteiger charge is -2.19. The third-order valence-corrected chi connectivity index (χ3v) is 7.65. The summed E-state index contributed by atoms with van der Waals surface area (Å²) in [5.41, 5.74) is 2.39. The number of carbonyl (C=O) groups is 4. The third-order valence-electron chi connectivity index (χ3n) is 7.65. The Hall–Kier alpha value is -4.26. The molecule has 3 atom stereocenters. The van der Waals surface area contributed by atoms with Crippen molar-refractivity contribution in [2.24, 2.45) is 17.8 Å². The molecule has 2 saturated heterocycles. The summed E-state index contributed by atoms with van der Waals surface area (Å²) in [6, 6.07) is 20.0. The Labute approximate surface area is 214 Å². The summed E-state index contributed by atoms with van der Waals surface area (Å²) in [6.45, 7) is 2.23. The van der Waals surface area contributed by atoms with Crippen molar-refractivity contribution in [2.45, 2.75) is 26.2 Å². The van der Waals surface area contributed by atoms with E-state index in [1.165, 1.54) is 4.90 Å². The molecule has 0 unspecified atom stereocenters. The highest BCUT2D eigenvalue weighted by Gasteiger charge is 2.48. The highest BCUT2D eigenvalue weighted by atomic mass is 16.5. The molecule has 0 aromatic heterocycles. The molecule has 3 aliphatic rings. The first kappa shape index (κ1) is 23.2. The van der Waals surface area contributed by atoms with E-state index in [9.17, 15) is 19.2 Å². The topological polar surface area (TPSA) is 84.0 Å². The molecule has 3 aromatic carbocycles. The van der Waals surface area contributed by atoms with Crippen LogP contribution in [0.5, 0.6) is 5.75 Å². The van der Waals surface area contributed by atoms with Crippen molar-refractivity contribution in [2.75, 3.05) is 16.3 Å². The zero-order chi connectivity index (χ0) is 25.7. The van der Waals surface area contributed by atoms with Gasteiger partial charge in [-0.15, -0.1) is 0 Å². The van der Waals surface area contributed by atoms with Gasteiger partial charge < -0.3 is 9.64 Å². The van der Waals surface area contributed by atoms with Gasteiger partial charge >= 0.3 is 5.97 Å². The quantitative estimate of drug-likeness (QED) is 0.228. The van der Waals surface area contributed by atoms with E-state index in [1.807, 2.05) is 55.5 Å². The molecule has 7 heteroatoms. The van der Waals surface area contributed by atoms with Gasteiger partial charge in [-0.05, 0) is 55.5 Å². The van der Waals surface area contributed by atoms with Gasteiger partial charge in [0.1, 0.15) is 5.75 Å². The predicted octanol–water partition coefficient (Wildman–Crippen LogP) is 4.64. The molecule has 3 aromatic rings. The summed E-state index contributed by atoms with van der Waals surface area (Å²) < 4.78 is 5.58. The minimum absolute atomic E-state index is 0.0765. The highest BCUT2D eigenvalue weighted by molar-refractivity contribution is 6.22. The molecular formula is C30H26N2O5. The van der Waals surface area contributed by atoms with Gasteiger partial charge in [0.15, 0.2) is 0 Å². The molecule has 37 heavy (non-hydrogen) atoms. The molecule has 3 amide bonds.